The van der Waals surface area contributed by atoms with Gasteiger partial charge < -0.3 is 26.2 Å². The second-order valence-electron chi connectivity index (χ2n) is 4.50. The maximum absolute atomic E-state index is 13.2. The van der Waals surface area contributed by atoms with Crippen LogP contribution in [-0.4, -0.2) is 35.2 Å². The Hall–Kier alpha value is -2.91. The van der Waals surface area contributed by atoms with Crippen LogP contribution >= 0.6 is 0 Å². The van der Waals surface area contributed by atoms with E-state index in [1.165, 1.54) is 0 Å². The minimum Gasteiger partial charge on any atom is -0.478 e. The first-order valence-corrected chi connectivity index (χ1v) is 6.03. The fourth-order valence-electron chi connectivity index (χ4n) is 1.91. The number of nitrogens with one attached hydrogen (secondary N) is 2. The van der Waals surface area contributed by atoms with E-state index in [4.69, 9.17) is 15.6 Å². The Morgan fingerprint density at radius 3 is 2.64 bits per heavy atom. The Morgan fingerprint density at radius 2 is 2.05 bits per heavy atom. The molecule has 1 aliphatic heterocycles. The monoisotopic (exact) mass is 315 g/mol. The first-order chi connectivity index (χ1) is 10.3. The molecular formula is C12H11F2N3O5. The number of hydrogen-bond acceptors (Lipinski definition) is 4. The van der Waals surface area contributed by atoms with Crippen molar-refractivity contribution in [3.63, 3.8) is 0 Å². The van der Waals surface area contributed by atoms with Crippen molar-refractivity contribution in [2.45, 2.75) is 18.6 Å². The molecule has 0 bridgehead atoms. The average molecular weight is 315 g/mol. The minimum atomic E-state index is -1.51. The predicted molar refractivity (Wildman–Crippen MR) is 68.2 cm³/mol. The fourth-order valence-corrected chi connectivity index (χ4v) is 1.91. The van der Waals surface area contributed by atoms with Crippen LogP contribution in [0.1, 0.15) is 6.42 Å². The highest BCUT2D eigenvalue weighted by Gasteiger charge is 2.33. The fraction of sp³-hybridized carbons (Fsp3) is 0.250. The van der Waals surface area contributed by atoms with Crippen molar-refractivity contribution in [2.75, 3.05) is 5.32 Å². The van der Waals surface area contributed by atoms with Crippen molar-refractivity contribution in [3.05, 3.63) is 23.8 Å². The van der Waals surface area contributed by atoms with E-state index in [1.807, 2.05) is 5.32 Å². The molecule has 118 valence electrons. The highest BCUT2D eigenvalue weighted by molar-refractivity contribution is 5.98. The van der Waals surface area contributed by atoms with Crippen LogP contribution in [0.15, 0.2) is 12.1 Å². The summed E-state index contributed by atoms with van der Waals surface area (Å²) in [6, 6.07) is 0.112. The molecule has 2 atom stereocenters. The summed E-state index contributed by atoms with van der Waals surface area (Å²) in [5, 5.41) is 12.7. The molecule has 0 saturated heterocycles. The summed E-state index contributed by atoms with van der Waals surface area (Å²) in [7, 11) is 0. The van der Waals surface area contributed by atoms with Crippen molar-refractivity contribution in [2.24, 2.45) is 5.73 Å². The van der Waals surface area contributed by atoms with Crippen LogP contribution in [-0.2, 0) is 9.59 Å². The number of ether oxygens (including phenoxy) is 1. The zero-order valence-electron chi connectivity index (χ0n) is 10.9. The smallest absolute Gasteiger partial charge is 0.405 e. The number of primary amides is 1. The molecule has 1 aromatic carbocycles. The molecule has 0 aromatic heterocycles. The van der Waals surface area contributed by atoms with Crippen molar-refractivity contribution >= 4 is 23.6 Å². The second kappa shape index (κ2) is 5.84. The Morgan fingerprint density at radius 1 is 1.41 bits per heavy atom. The largest absolute Gasteiger partial charge is 0.478 e. The van der Waals surface area contributed by atoms with Gasteiger partial charge in [0, 0.05) is 18.6 Å². The van der Waals surface area contributed by atoms with Gasteiger partial charge in [-0.3, -0.25) is 9.59 Å². The Labute approximate surface area is 122 Å². The van der Waals surface area contributed by atoms with E-state index in [2.05, 4.69) is 5.32 Å². The van der Waals surface area contributed by atoms with E-state index in [0.29, 0.717) is 0 Å². The molecule has 0 saturated carbocycles. The summed E-state index contributed by atoms with van der Waals surface area (Å²) in [4.78, 5) is 33.5. The average Bonchev–Trinajstić information content (AvgIpc) is 2.40. The summed E-state index contributed by atoms with van der Waals surface area (Å²) in [5.74, 6) is -4.22. The van der Waals surface area contributed by atoms with Gasteiger partial charge in [-0.25, -0.2) is 13.6 Å². The van der Waals surface area contributed by atoms with Crippen LogP contribution in [0.25, 0.3) is 0 Å². The number of hydrogen-bond donors (Lipinski definition) is 4. The predicted octanol–water partition coefficient (Wildman–Crippen LogP) is 0.176. The Balaban J connectivity index is 2.19. The lowest BCUT2D eigenvalue weighted by Gasteiger charge is -2.27. The molecule has 0 aliphatic carbocycles. The molecule has 0 spiro atoms. The topological polar surface area (TPSA) is 131 Å². The lowest BCUT2D eigenvalue weighted by molar-refractivity contribution is -0.125. The standard InChI is InChI=1S/C12H11F2N3O5/c13-4-1-6-8(2-5(4)14)22-9(11(19)16-6)3-7(10(15)18)17-12(20)21/h1-2,7,9,17H,3H2,(H2,15,18)(H,16,19)(H,20,21)/t7?,9-/m0/s1. The molecule has 1 unspecified atom stereocenters. The van der Waals surface area contributed by atoms with Crippen LogP contribution in [0.3, 0.4) is 0 Å². The van der Waals surface area contributed by atoms with Crippen LogP contribution in [0.4, 0.5) is 19.3 Å². The first-order valence-electron chi connectivity index (χ1n) is 6.03. The number of carboxylic acid groups (broad SMARTS) is 1. The zero-order chi connectivity index (χ0) is 16.4. The molecule has 0 radical (unpaired) electrons. The van der Waals surface area contributed by atoms with E-state index < -0.39 is 48.1 Å². The molecule has 1 aromatic rings. The quantitative estimate of drug-likeness (QED) is 0.629. The van der Waals surface area contributed by atoms with Gasteiger partial charge in [0.2, 0.25) is 5.91 Å². The molecule has 2 rings (SSSR count). The number of benzene rings is 1. The van der Waals surface area contributed by atoms with E-state index in [1.54, 1.807) is 0 Å². The highest BCUT2D eigenvalue weighted by atomic mass is 19.2. The minimum absolute atomic E-state index is 0.0676. The highest BCUT2D eigenvalue weighted by Crippen LogP contribution is 2.32. The summed E-state index contributed by atoms with van der Waals surface area (Å²) < 4.78 is 31.4. The normalized spacial score (nSPS) is 17.7. The van der Waals surface area contributed by atoms with Gasteiger partial charge in [-0.1, -0.05) is 0 Å². The number of amides is 3. The molecule has 1 heterocycles. The number of halogens is 2. The third-order valence-corrected chi connectivity index (χ3v) is 2.93. The van der Waals surface area contributed by atoms with E-state index >= 15 is 0 Å². The van der Waals surface area contributed by atoms with Gasteiger partial charge >= 0.3 is 6.09 Å². The molecular weight excluding hydrogens is 304 g/mol. The summed E-state index contributed by atoms with van der Waals surface area (Å²) in [5.41, 5.74) is 4.96. The number of rotatable bonds is 4. The Bertz CT molecular complexity index is 652. The summed E-state index contributed by atoms with van der Waals surface area (Å²) >= 11 is 0. The van der Waals surface area contributed by atoms with Gasteiger partial charge in [0.15, 0.2) is 17.7 Å². The molecule has 22 heavy (non-hydrogen) atoms. The zero-order valence-corrected chi connectivity index (χ0v) is 10.9. The van der Waals surface area contributed by atoms with Gasteiger partial charge in [0.05, 0.1) is 5.69 Å². The van der Waals surface area contributed by atoms with Crippen LogP contribution in [0.5, 0.6) is 5.75 Å². The van der Waals surface area contributed by atoms with Crippen LogP contribution in [0.2, 0.25) is 0 Å². The molecule has 1 aliphatic rings. The van der Waals surface area contributed by atoms with E-state index in [-0.39, 0.29) is 11.4 Å². The number of carbonyl (C=O) groups is 3. The maximum atomic E-state index is 13.2. The first kappa shape index (κ1) is 15.5. The third-order valence-electron chi connectivity index (χ3n) is 2.93. The van der Waals surface area contributed by atoms with Crippen molar-refractivity contribution in [1.82, 2.24) is 5.32 Å². The number of carbonyl (C=O) groups excluding carboxylic acids is 2. The van der Waals surface area contributed by atoms with Gasteiger partial charge in [-0.15, -0.1) is 0 Å². The third kappa shape index (κ3) is 3.22. The SMILES string of the molecule is NC(=O)C(C[C@@H]1Oc2cc(F)c(F)cc2NC1=O)NC(=O)O. The summed E-state index contributed by atoms with van der Waals surface area (Å²) in [6.07, 6.45) is -3.19. The molecule has 8 nitrogen and oxygen atoms in total. The van der Waals surface area contributed by atoms with Crippen LogP contribution in [0, 0.1) is 11.6 Å². The van der Waals surface area contributed by atoms with Gasteiger partial charge in [0.1, 0.15) is 11.8 Å². The van der Waals surface area contributed by atoms with Gasteiger partial charge in [-0.2, -0.15) is 0 Å². The molecule has 5 N–H and O–H groups in total. The molecule has 3 amide bonds. The second-order valence-corrected chi connectivity index (χ2v) is 4.50. The van der Waals surface area contributed by atoms with Crippen LogP contribution < -0.4 is 21.1 Å². The number of anilines is 1. The van der Waals surface area contributed by atoms with Gasteiger partial charge in [-0.05, 0) is 0 Å². The maximum Gasteiger partial charge on any atom is 0.405 e. The lowest BCUT2D eigenvalue weighted by Crippen LogP contribution is -2.49. The van der Waals surface area contributed by atoms with Crippen molar-refractivity contribution in [3.8, 4) is 5.75 Å². The van der Waals surface area contributed by atoms with Crippen molar-refractivity contribution in [1.29, 1.82) is 0 Å². The van der Waals surface area contributed by atoms with E-state index in [0.717, 1.165) is 12.1 Å². The number of nitrogens with two attached hydrogens (primary N) is 1. The molecule has 10 heteroatoms. The lowest BCUT2D eigenvalue weighted by atomic mass is 10.1. The van der Waals surface area contributed by atoms with E-state index in [9.17, 15) is 23.2 Å². The van der Waals surface area contributed by atoms with Gasteiger partial charge in [0.25, 0.3) is 5.91 Å². The number of fused-ring (bicyclic) bond motifs is 1. The van der Waals surface area contributed by atoms with Crippen molar-refractivity contribution < 1.29 is 33.0 Å². The Kier molecular flexibility index (Phi) is 4.11. The molecule has 0 fully saturated rings. The summed E-state index contributed by atoms with van der Waals surface area (Å²) in [6.45, 7) is 0.